The summed E-state index contributed by atoms with van der Waals surface area (Å²) in [5, 5.41) is 3.09. The van der Waals surface area contributed by atoms with Gasteiger partial charge in [-0.05, 0) is 47.6 Å². The number of ether oxygens (including phenoxy) is 2. The van der Waals surface area contributed by atoms with Crippen LogP contribution in [0.25, 0.3) is 0 Å². The molecule has 0 saturated heterocycles. The van der Waals surface area contributed by atoms with E-state index in [2.05, 4.69) is 39.9 Å². The fraction of sp³-hybridized carbons (Fsp3) is 1.00. The molecule has 0 aliphatic rings. The fourth-order valence-corrected chi connectivity index (χ4v) is 1.75. The highest BCUT2D eigenvalue weighted by atomic mass is 16.5. The Hall–Kier alpha value is -0.120. The Morgan fingerprint density at radius 3 is 2.00 bits per heavy atom. The van der Waals surface area contributed by atoms with Gasteiger partial charge in [0.15, 0.2) is 0 Å². The summed E-state index contributed by atoms with van der Waals surface area (Å²) in [5.41, 5.74) is -0.102. The van der Waals surface area contributed by atoms with Crippen LogP contribution in [0.1, 0.15) is 60.3 Å². The van der Waals surface area contributed by atoms with Crippen LogP contribution in [-0.2, 0) is 9.47 Å². The number of nitrogens with one attached hydrogen (secondary N) is 1. The van der Waals surface area contributed by atoms with Crippen LogP contribution in [0.4, 0.5) is 0 Å². The van der Waals surface area contributed by atoms with Crippen LogP contribution in [0.5, 0.6) is 0 Å². The Bertz CT molecular complexity index is 203. The Kier molecular flexibility index (Phi) is 8.83. The van der Waals surface area contributed by atoms with E-state index >= 15 is 0 Å². The molecule has 0 fully saturated rings. The molecule has 0 spiro atoms. The number of rotatable bonds is 11. The van der Waals surface area contributed by atoms with E-state index < -0.39 is 0 Å². The molecule has 0 aromatic carbocycles. The SMILES string of the molecule is CCCCC(C)(C)OCCC(C)(C)OCCNC. The van der Waals surface area contributed by atoms with Gasteiger partial charge in [-0.15, -0.1) is 0 Å². The fourth-order valence-electron chi connectivity index (χ4n) is 1.75. The Labute approximate surface area is 114 Å². The lowest BCUT2D eigenvalue weighted by Crippen LogP contribution is -2.32. The second-order valence-corrected chi connectivity index (χ2v) is 6.17. The largest absolute Gasteiger partial charge is 0.375 e. The van der Waals surface area contributed by atoms with E-state index in [4.69, 9.17) is 9.47 Å². The van der Waals surface area contributed by atoms with Crippen molar-refractivity contribution in [2.45, 2.75) is 71.5 Å². The lowest BCUT2D eigenvalue weighted by molar-refractivity contribution is -0.0737. The standard InChI is InChI=1S/C15H33NO2/c1-7-8-9-14(2,3)17-12-10-15(4,5)18-13-11-16-6/h16H,7-13H2,1-6H3. The number of likely N-dealkylation sites (N-methyl/N-ethyl adjacent to an activating group) is 1. The summed E-state index contributed by atoms with van der Waals surface area (Å²) >= 11 is 0. The van der Waals surface area contributed by atoms with E-state index in [9.17, 15) is 0 Å². The van der Waals surface area contributed by atoms with Crippen molar-refractivity contribution in [3.63, 3.8) is 0 Å². The first-order valence-corrected chi connectivity index (χ1v) is 7.25. The summed E-state index contributed by atoms with van der Waals surface area (Å²) < 4.78 is 11.8. The van der Waals surface area contributed by atoms with Crippen LogP contribution in [-0.4, -0.2) is 38.0 Å². The quantitative estimate of drug-likeness (QED) is 0.577. The van der Waals surface area contributed by atoms with Gasteiger partial charge in [-0.1, -0.05) is 19.8 Å². The molecule has 0 bridgehead atoms. The van der Waals surface area contributed by atoms with Gasteiger partial charge in [-0.25, -0.2) is 0 Å². The zero-order valence-electron chi connectivity index (χ0n) is 13.3. The lowest BCUT2D eigenvalue weighted by Gasteiger charge is -2.29. The highest BCUT2D eigenvalue weighted by Gasteiger charge is 2.22. The number of hydrogen-bond acceptors (Lipinski definition) is 3. The van der Waals surface area contributed by atoms with E-state index in [1.54, 1.807) is 0 Å². The van der Waals surface area contributed by atoms with Crippen LogP contribution < -0.4 is 5.32 Å². The van der Waals surface area contributed by atoms with Crippen LogP contribution in [0, 0.1) is 0 Å². The van der Waals surface area contributed by atoms with E-state index in [1.807, 2.05) is 7.05 Å². The molecule has 18 heavy (non-hydrogen) atoms. The zero-order chi connectivity index (χ0) is 14.1. The van der Waals surface area contributed by atoms with Crippen molar-refractivity contribution in [1.29, 1.82) is 0 Å². The highest BCUT2D eigenvalue weighted by Crippen LogP contribution is 2.21. The maximum absolute atomic E-state index is 5.98. The van der Waals surface area contributed by atoms with E-state index in [0.717, 1.165) is 32.6 Å². The third kappa shape index (κ3) is 9.86. The predicted octanol–water partition coefficient (Wildman–Crippen LogP) is 3.38. The van der Waals surface area contributed by atoms with Gasteiger partial charge in [-0.3, -0.25) is 0 Å². The van der Waals surface area contributed by atoms with Gasteiger partial charge in [0, 0.05) is 6.54 Å². The first-order chi connectivity index (χ1) is 8.33. The summed E-state index contributed by atoms with van der Waals surface area (Å²) in [6, 6.07) is 0. The molecule has 0 aliphatic heterocycles. The van der Waals surface area contributed by atoms with Gasteiger partial charge in [-0.2, -0.15) is 0 Å². The van der Waals surface area contributed by atoms with Crippen LogP contribution >= 0.6 is 0 Å². The minimum absolute atomic E-state index is 0.00291. The van der Waals surface area contributed by atoms with Gasteiger partial charge in [0.1, 0.15) is 0 Å². The molecule has 0 amide bonds. The van der Waals surface area contributed by atoms with E-state index in [-0.39, 0.29) is 11.2 Å². The number of unbranched alkanes of at least 4 members (excludes halogenated alkanes) is 1. The molecule has 0 unspecified atom stereocenters. The normalized spacial score (nSPS) is 13.0. The van der Waals surface area contributed by atoms with E-state index in [0.29, 0.717) is 0 Å². The molecule has 0 aromatic rings. The average molecular weight is 259 g/mol. The predicted molar refractivity (Wildman–Crippen MR) is 78.1 cm³/mol. The van der Waals surface area contributed by atoms with Gasteiger partial charge in [0.2, 0.25) is 0 Å². The third-order valence-electron chi connectivity index (χ3n) is 3.17. The summed E-state index contributed by atoms with van der Waals surface area (Å²) in [5.74, 6) is 0. The first-order valence-electron chi connectivity index (χ1n) is 7.25. The molecule has 0 radical (unpaired) electrons. The van der Waals surface area contributed by atoms with Gasteiger partial charge in [0.25, 0.3) is 0 Å². The maximum Gasteiger partial charge on any atom is 0.0649 e. The topological polar surface area (TPSA) is 30.5 Å². The second-order valence-electron chi connectivity index (χ2n) is 6.17. The molecule has 0 rings (SSSR count). The summed E-state index contributed by atoms with van der Waals surface area (Å²) in [4.78, 5) is 0. The van der Waals surface area contributed by atoms with Crippen LogP contribution in [0.3, 0.4) is 0 Å². The smallest absolute Gasteiger partial charge is 0.0649 e. The third-order valence-corrected chi connectivity index (χ3v) is 3.17. The van der Waals surface area contributed by atoms with Crippen molar-refractivity contribution < 1.29 is 9.47 Å². The van der Waals surface area contributed by atoms with E-state index in [1.165, 1.54) is 12.8 Å². The number of hydrogen-bond donors (Lipinski definition) is 1. The Morgan fingerprint density at radius 1 is 0.889 bits per heavy atom. The van der Waals surface area contributed by atoms with Crippen molar-refractivity contribution in [2.75, 3.05) is 26.8 Å². The monoisotopic (exact) mass is 259 g/mol. The molecule has 110 valence electrons. The Morgan fingerprint density at radius 2 is 1.44 bits per heavy atom. The van der Waals surface area contributed by atoms with Crippen molar-refractivity contribution in [3.05, 3.63) is 0 Å². The van der Waals surface area contributed by atoms with Crippen molar-refractivity contribution in [3.8, 4) is 0 Å². The zero-order valence-corrected chi connectivity index (χ0v) is 13.3. The Balaban J connectivity index is 3.79. The van der Waals surface area contributed by atoms with Gasteiger partial charge >= 0.3 is 0 Å². The van der Waals surface area contributed by atoms with Crippen LogP contribution in [0.15, 0.2) is 0 Å². The molecule has 1 N–H and O–H groups in total. The minimum atomic E-state index is -0.0995. The maximum atomic E-state index is 5.98. The molecule has 3 nitrogen and oxygen atoms in total. The van der Waals surface area contributed by atoms with Gasteiger partial charge in [0.05, 0.1) is 24.4 Å². The minimum Gasteiger partial charge on any atom is -0.375 e. The molecular formula is C15H33NO2. The average Bonchev–Trinajstić information content (AvgIpc) is 2.26. The van der Waals surface area contributed by atoms with Crippen molar-refractivity contribution in [2.24, 2.45) is 0 Å². The lowest BCUT2D eigenvalue weighted by atomic mass is 10.0. The molecule has 0 saturated carbocycles. The second kappa shape index (κ2) is 8.89. The van der Waals surface area contributed by atoms with Crippen molar-refractivity contribution >= 4 is 0 Å². The summed E-state index contributed by atoms with van der Waals surface area (Å²) in [7, 11) is 1.94. The summed E-state index contributed by atoms with van der Waals surface area (Å²) in [6.45, 7) is 13.2. The molecule has 3 heteroatoms. The molecule has 0 aromatic heterocycles. The van der Waals surface area contributed by atoms with Crippen LogP contribution in [0.2, 0.25) is 0 Å². The van der Waals surface area contributed by atoms with Crippen molar-refractivity contribution in [1.82, 2.24) is 5.32 Å². The molecule has 0 heterocycles. The summed E-state index contributed by atoms with van der Waals surface area (Å²) in [6.07, 6.45) is 4.53. The first kappa shape index (κ1) is 17.9. The molecule has 0 atom stereocenters. The molecular weight excluding hydrogens is 226 g/mol. The highest BCUT2D eigenvalue weighted by molar-refractivity contribution is 4.72. The molecule has 0 aliphatic carbocycles. The van der Waals surface area contributed by atoms with Gasteiger partial charge < -0.3 is 14.8 Å².